The number of ketones is 1. The number of carbonyl (C=O) groups excluding carboxylic acids is 1. The topological polar surface area (TPSA) is 50.2 Å². The molecule has 1 N–H and O–H groups in total. The predicted octanol–water partition coefficient (Wildman–Crippen LogP) is 9.94. The number of carbonyl (C=O) groups is 1. The first-order valence-corrected chi connectivity index (χ1v) is 14.4. The van der Waals surface area contributed by atoms with Crippen molar-refractivity contribution in [2.75, 3.05) is 0 Å². The molecule has 0 aliphatic carbocycles. The molecule has 0 unspecified atom stereocenters. The second-order valence-electron chi connectivity index (χ2n) is 9.60. The molecule has 0 atom stereocenters. The van der Waals surface area contributed by atoms with Crippen molar-refractivity contribution in [3.63, 3.8) is 0 Å². The zero-order valence-electron chi connectivity index (χ0n) is 23.0. The second-order valence-corrected chi connectivity index (χ2v) is 10.7. The third-order valence-corrected chi connectivity index (χ3v) is 8.43. The first-order chi connectivity index (χ1) is 18.5. The van der Waals surface area contributed by atoms with Crippen LogP contribution in [-0.4, -0.2) is 15.9 Å². The minimum absolute atomic E-state index is 0. The molecule has 0 aliphatic rings. The van der Waals surface area contributed by atoms with E-state index in [4.69, 9.17) is 0 Å². The van der Waals surface area contributed by atoms with E-state index in [1.165, 1.54) is 32.0 Å². The zero-order valence-corrected chi connectivity index (χ0v) is 26.2. The van der Waals surface area contributed by atoms with Gasteiger partial charge in [-0.05, 0) is 47.6 Å². The maximum atomic E-state index is 11.7. The Morgan fingerprint density at radius 1 is 0.923 bits per heavy atom. The molecular weight excluding hydrogens is 679 g/mol. The fraction of sp³-hybridized carbons (Fsp3) is 0.294. The van der Waals surface area contributed by atoms with Gasteiger partial charge in [0.05, 0.1) is 5.76 Å². The van der Waals surface area contributed by atoms with Crippen LogP contribution in [0.1, 0.15) is 53.4 Å². The van der Waals surface area contributed by atoms with Gasteiger partial charge in [-0.15, -0.1) is 23.6 Å². The van der Waals surface area contributed by atoms with Crippen LogP contribution in [0.5, 0.6) is 0 Å². The van der Waals surface area contributed by atoms with E-state index in [2.05, 4.69) is 71.7 Å². The number of allylic oxidation sites excluding steroid dienone is 2. The number of hydrogen-bond acceptors (Lipinski definition) is 4. The molecule has 2 heterocycles. The Hall–Kier alpha value is -2.85. The van der Waals surface area contributed by atoms with Gasteiger partial charge in [0.25, 0.3) is 0 Å². The summed E-state index contributed by atoms with van der Waals surface area (Å²) in [6.07, 6.45) is 6.81. The summed E-state index contributed by atoms with van der Waals surface area (Å²) in [6, 6.07) is 26.8. The minimum atomic E-state index is 0. The number of benzene rings is 3. The Balaban J connectivity index is 0.000000233. The van der Waals surface area contributed by atoms with E-state index in [1.54, 1.807) is 11.3 Å². The molecule has 1 radical (unpaired) electrons. The smallest absolute Gasteiger partial charge is 0.162 e. The number of rotatable bonds is 8. The fourth-order valence-corrected chi connectivity index (χ4v) is 6.07. The number of fused-ring (bicyclic) bond motifs is 4. The monoisotopic (exact) mass is 715 g/mol. The third kappa shape index (κ3) is 7.03. The van der Waals surface area contributed by atoms with Crippen molar-refractivity contribution in [1.29, 1.82) is 0 Å². The maximum absolute atomic E-state index is 11.7. The molecule has 0 spiro atoms. The van der Waals surface area contributed by atoms with Crippen LogP contribution in [0.3, 0.4) is 0 Å². The molecule has 3 nitrogen and oxygen atoms in total. The van der Waals surface area contributed by atoms with Crippen LogP contribution in [0.15, 0.2) is 84.8 Å². The van der Waals surface area contributed by atoms with Crippen LogP contribution in [0, 0.1) is 17.9 Å². The van der Waals surface area contributed by atoms with E-state index in [0.29, 0.717) is 0 Å². The summed E-state index contributed by atoms with van der Waals surface area (Å²) in [4.78, 5) is 16.4. The van der Waals surface area contributed by atoms with Gasteiger partial charge in [0.15, 0.2) is 5.78 Å². The summed E-state index contributed by atoms with van der Waals surface area (Å²) in [7, 11) is 0. The molecule has 39 heavy (non-hydrogen) atoms. The maximum Gasteiger partial charge on any atom is 0.162 e. The first kappa shape index (κ1) is 30.7. The van der Waals surface area contributed by atoms with Gasteiger partial charge in [0.1, 0.15) is 0 Å². The largest absolute Gasteiger partial charge is 0.512 e. The van der Waals surface area contributed by atoms with Gasteiger partial charge in [0, 0.05) is 54.4 Å². The van der Waals surface area contributed by atoms with Gasteiger partial charge in [-0.25, -0.2) is 0 Å². The predicted molar refractivity (Wildman–Crippen MR) is 163 cm³/mol. The summed E-state index contributed by atoms with van der Waals surface area (Å²) in [5.41, 5.74) is 3.53. The van der Waals surface area contributed by atoms with Crippen LogP contribution in [0.4, 0.5) is 0 Å². The van der Waals surface area contributed by atoms with Gasteiger partial charge in [-0.2, -0.15) is 11.3 Å². The van der Waals surface area contributed by atoms with Crippen molar-refractivity contribution in [1.82, 2.24) is 4.98 Å². The van der Waals surface area contributed by atoms with Crippen LogP contribution in [0.25, 0.3) is 42.2 Å². The summed E-state index contributed by atoms with van der Waals surface area (Å²) < 4.78 is 2.48. The number of hydrogen-bond donors (Lipinski definition) is 1. The van der Waals surface area contributed by atoms with E-state index in [1.807, 2.05) is 40.0 Å². The normalized spacial score (nSPS) is 11.6. The molecule has 3 aromatic carbocycles. The van der Waals surface area contributed by atoms with E-state index in [9.17, 15) is 9.90 Å². The first-order valence-electron chi connectivity index (χ1n) is 13.6. The second kappa shape index (κ2) is 14.5. The molecular formula is C34H36IrNO2S-. The van der Waals surface area contributed by atoms with Crippen molar-refractivity contribution in [3.05, 3.63) is 90.8 Å². The van der Waals surface area contributed by atoms with Crippen molar-refractivity contribution in [2.24, 2.45) is 11.8 Å². The van der Waals surface area contributed by atoms with Gasteiger partial charge in [0.2, 0.25) is 0 Å². The van der Waals surface area contributed by atoms with Gasteiger partial charge in [-0.1, -0.05) is 87.0 Å². The standard InChI is InChI=1S/C21H12NS.C13H24O2.Ir/c1-2-6-14(7-3-1)17-10-11-22-20-18-12-15-8-4-5-9-16(15)13-19(18)23-21(17)20;1-5-10(6-2)12(14)9-13(15)11(7-3)8-4;/h1-11,13H;9-11,14H,5-8H2,1-4H3;/q-1;;/b;12-9-;. The molecule has 0 saturated carbocycles. The van der Waals surface area contributed by atoms with Gasteiger partial charge < -0.3 is 5.11 Å². The fourth-order valence-electron chi connectivity index (χ4n) is 4.87. The van der Waals surface area contributed by atoms with Gasteiger partial charge >= 0.3 is 0 Å². The number of aromatic nitrogens is 1. The van der Waals surface area contributed by atoms with Crippen LogP contribution in [-0.2, 0) is 24.9 Å². The summed E-state index contributed by atoms with van der Waals surface area (Å²) in [6.45, 7) is 8.07. The van der Waals surface area contributed by atoms with E-state index < -0.39 is 0 Å². The van der Waals surface area contributed by atoms with Crippen molar-refractivity contribution in [3.8, 4) is 11.1 Å². The van der Waals surface area contributed by atoms with Crippen molar-refractivity contribution in [2.45, 2.75) is 53.4 Å². The SMILES string of the molecule is CCC(CC)C(=O)/C=C(\O)C(CC)CC.[Ir].[c-]1c2ccccc2cc2sc3c(-c4ccccc4)ccnc3c12. The van der Waals surface area contributed by atoms with Gasteiger partial charge in [-0.3, -0.25) is 9.78 Å². The Kier molecular flexibility index (Phi) is 11.4. The zero-order chi connectivity index (χ0) is 27.1. The molecule has 2 aromatic heterocycles. The Morgan fingerprint density at radius 2 is 1.56 bits per heavy atom. The van der Waals surface area contributed by atoms with Crippen molar-refractivity contribution >= 4 is 48.2 Å². The molecule has 0 bridgehead atoms. The molecule has 205 valence electrons. The molecule has 0 aliphatic heterocycles. The third-order valence-electron chi connectivity index (χ3n) is 7.27. The molecule has 0 saturated heterocycles. The van der Waals surface area contributed by atoms with Crippen molar-refractivity contribution < 1.29 is 30.0 Å². The van der Waals surface area contributed by atoms with E-state index >= 15 is 0 Å². The Labute approximate surface area is 249 Å². The van der Waals surface area contributed by atoms with Crippen LogP contribution < -0.4 is 0 Å². The Morgan fingerprint density at radius 3 is 2.23 bits per heavy atom. The minimum Gasteiger partial charge on any atom is -0.512 e. The van der Waals surface area contributed by atoms with E-state index in [0.717, 1.165) is 42.0 Å². The number of nitrogens with zero attached hydrogens (tertiary/aromatic N) is 1. The van der Waals surface area contributed by atoms with Crippen LogP contribution in [0.2, 0.25) is 0 Å². The summed E-state index contributed by atoms with van der Waals surface area (Å²) >= 11 is 1.80. The quantitative estimate of drug-likeness (QED) is 0.0990. The molecule has 5 rings (SSSR count). The molecule has 5 aromatic rings. The number of pyridine rings is 1. The Bertz CT molecular complexity index is 1550. The molecule has 0 fully saturated rings. The average molecular weight is 715 g/mol. The number of aliphatic hydroxyl groups is 1. The number of aliphatic hydroxyl groups excluding tert-OH is 1. The molecule has 5 heteroatoms. The van der Waals surface area contributed by atoms with E-state index in [-0.39, 0.29) is 43.5 Å². The number of thiophene rings is 1. The molecule has 0 amide bonds. The van der Waals surface area contributed by atoms with Crippen LogP contribution >= 0.6 is 11.3 Å². The summed E-state index contributed by atoms with van der Waals surface area (Å²) in [5, 5.41) is 13.3. The average Bonchev–Trinajstić information content (AvgIpc) is 3.31. The summed E-state index contributed by atoms with van der Waals surface area (Å²) in [5.74, 6) is 0.547.